The number of hydrogen-bond donors (Lipinski definition) is 0. The Balaban J connectivity index is 3.45. The molecular formula is C3H3F2O. The lowest BCUT2D eigenvalue weighted by Crippen LogP contribution is -2.09. The van der Waals surface area contributed by atoms with Crippen molar-refractivity contribution in [3.63, 3.8) is 0 Å². The van der Waals surface area contributed by atoms with Crippen LogP contribution >= 0.6 is 0 Å². The van der Waals surface area contributed by atoms with Crippen molar-refractivity contribution < 1.29 is 13.6 Å². The summed E-state index contributed by atoms with van der Waals surface area (Å²) in [6.45, 7) is 0.486. The van der Waals surface area contributed by atoms with Crippen LogP contribution in [0.3, 0.4) is 0 Å². The molecule has 6 heavy (non-hydrogen) atoms. The van der Waals surface area contributed by atoms with E-state index in [-0.39, 0.29) is 0 Å². The van der Waals surface area contributed by atoms with Gasteiger partial charge in [0.25, 0.3) is 6.29 Å². The molecule has 0 aliphatic rings. The van der Waals surface area contributed by atoms with Crippen molar-refractivity contribution in [3.05, 3.63) is 0 Å². The highest BCUT2D eigenvalue weighted by Gasteiger charge is 2.19. The van der Waals surface area contributed by atoms with Crippen LogP contribution in [0.2, 0.25) is 0 Å². The van der Waals surface area contributed by atoms with Crippen LogP contribution in [0.4, 0.5) is 8.78 Å². The van der Waals surface area contributed by atoms with E-state index in [1.165, 1.54) is 0 Å². The van der Waals surface area contributed by atoms with E-state index in [1.807, 2.05) is 0 Å². The Labute approximate surface area is 34.0 Å². The number of halogens is 2. The molecule has 0 aromatic carbocycles. The lowest BCUT2D eigenvalue weighted by molar-refractivity contribution is 0.0964. The highest BCUT2D eigenvalue weighted by Crippen LogP contribution is 2.04. The van der Waals surface area contributed by atoms with E-state index in [4.69, 9.17) is 4.79 Å². The van der Waals surface area contributed by atoms with Gasteiger partial charge in [0.2, 0.25) is 0 Å². The lowest BCUT2D eigenvalue weighted by Gasteiger charge is -1.91. The van der Waals surface area contributed by atoms with Crippen LogP contribution in [0, 0.1) is 0 Å². The average molecular weight is 93.1 g/mol. The first kappa shape index (κ1) is 5.53. The first-order valence-electron chi connectivity index (χ1n) is 1.33. The number of hydrogen-bond acceptors (Lipinski definition) is 1. The van der Waals surface area contributed by atoms with Crippen LogP contribution < -0.4 is 0 Å². The average Bonchev–Trinajstić information content (AvgIpc) is 1.35. The highest BCUT2D eigenvalue weighted by atomic mass is 19.3. The van der Waals surface area contributed by atoms with Gasteiger partial charge < -0.3 is 0 Å². The molecule has 0 saturated carbocycles. The van der Waals surface area contributed by atoms with E-state index >= 15 is 0 Å². The van der Waals surface area contributed by atoms with Gasteiger partial charge in [0.05, 0.1) is 0 Å². The summed E-state index contributed by atoms with van der Waals surface area (Å²) in [5.74, 6) is -3.26. The molecule has 1 radical (unpaired) electrons. The smallest absolute Gasteiger partial charge is 0.284 e. The Morgan fingerprint density at radius 1 is 1.67 bits per heavy atom. The molecule has 0 heterocycles. The maximum Gasteiger partial charge on any atom is 0.310 e. The van der Waals surface area contributed by atoms with Crippen molar-refractivity contribution >= 4 is 6.29 Å². The summed E-state index contributed by atoms with van der Waals surface area (Å²) < 4.78 is 22.1. The minimum absolute atomic E-state index is 0.486. The molecule has 0 aromatic rings. The molecule has 0 unspecified atom stereocenters. The lowest BCUT2D eigenvalue weighted by atomic mass is 10.5. The Kier molecular flexibility index (Phi) is 1.22. The maximum absolute atomic E-state index is 11.0. The Bertz CT molecular complexity index is 54.3. The minimum atomic E-state index is -3.26. The molecule has 0 atom stereocenters. The highest BCUT2D eigenvalue weighted by molar-refractivity contribution is 5.59. The van der Waals surface area contributed by atoms with E-state index in [1.54, 1.807) is 0 Å². The molecule has 0 aromatic heterocycles. The number of carbonyl (C=O) groups excluding carboxylic acids is 1. The summed E-state index contributed by atoms with van der Waals surface area (Å²) in [5, 5.41) is 0. The third kappa shape index (κ3) is 3.53. The zero-order valence-corrected chi connectivity index (χ0v) is 3.16. The van der Waals surface area contributed by atoms with Crippen molar-refractivity contribution in [2.45, 2.75) is 12.8 Å². The standard InChI is InChI=1S/C3H3F2O/c1-3(4,5)2-6/h1H3. The van der Waals surface area contributed by atoms with Gasteiger partial charge >= 0.3 is 5.92 Å². The maximum atomic E-state index is 11.0. The SMILES string of the molecule is CC(F)(F)[C]=O. The van der Waals surface area contributed by atoms with Gasteiger partial charge in [0, 0.05) is 6.92 Å². The van der Waals surface area contributed by atoms with Crippen molar-refractivity contribution in [1.82, 2.24) is 0 Å². The summed E-state index contributed by atoms with van der Waals surface area (Å²) in [5.41, 5.74) is 0. The fourth-order valence-electron chi connectivity index (χ4n) is 0. The van der Waals surface area contributed by atoms with E-state index in [2.05, 4.69) is 0 Å². The number of rotatable bonds is 1. The Hall–Kier alpha value is -0.470. The quantitative estimate of drug-likeness (QED) is 0.467. The van der Waals surface area contributed by atoms with Crippen LogP contribution in [0.1, 0.15) is 6.92 Å². The fraction of sp³-hybridized carbons (Fsp3) is 0.667. The van der Waals surface area contributed by atoms with Crippen molar-refractivity contribution in [2.75, 3.05) is 0 Å². The first-order valence-corrected chi connectivity index (χ1v) is 1.33. The van der Waals surface area contributed by atoms with Crippen molar-refractivity contribution in [2.24, 2.45) is 0 Å². The summed E-state index contributed by atoms with van der Waals surface area (Å²) in [6.07, 6.45) is 0.521. The molecule has 35 valence electrons. The minimum Gasteiger partial charge on any atom is -0.284 e. The second-order valence-corrected chi connectivity index (χ2v) is 0.990. The molecule has 3 heteroatoms. The zero-order valence-electron chi connectivity index (χ0n) is 3.16. The molecule has 0 amide bonds. The van der Waals surface area contributed by atoms with Crippen LogP contribution in [0.15, 0.2) is 0 Å². The molecule has 0 aliphatic carbocycles. The molecule has 0 spiro atoms. The summed E-state index contributed by atoms with van der Waals surface area (Å²) in [6, 6.07) is 0. The molecule has 0 rings (SSSR count). The summed E-state index contributed by atoms with van der Waals surface area (Å²) in [4.78, 5) is 8.95. The molecular weight excluding hydrogens is 90.0 g/mol. The Morgan fingerprint density at radius 3 is 1.83 bits per heavy atom. The molecule has 0 saturated heterocycles. The van der Waals surface area contributed by atoms with Gasteiger partial charge in [0.15, 0.2) is 0 Å². The predicted molar refractivity (Wildman–Crippen MR) is 16.3 cm³/mol. The molecule has 0 fully saturated rings. The largest absolute Gasteiger partial charge is 0.310 e. The van der Waals surface area contributed by atoms with E-state index in [9.17, 15) is 8.78 Å². The van der Waals surface area contributed by atoms with E-state index < -0.39 is 5.92 Å². The van der Waals surface area contributed by atoms with Crippen molar-refractivity contribution in [1.29, 1.82) is 0 Å². The fourth-order valence-corrected chi connectivity index (χ4v) is 0. The second kappa shape index (κ2) is 1.32. The van der Waals surface area contributed by atoms with Gasteiger partial charge in [-0.25, -0.2) is 0 Å². The van der Waals surface area contributed by atoms with E-state index in [0.717, 1.165) is 0 Å². The van der Waals surface area contributed by atoms with Crippen molar-refractivity contribution in [3.8, 4) is 0 Å². The van der Waals surface area contributed by atoms with Gasteiger partial charge in [-0.2, -0.15) is 8.78 Å². The normalized spacial score (nSPS) is 11.2. The molecule has 0 aliphatic heterocycles. The molecule has 0 N–H and O–H groups in total. The van der Waals surface area contributed by atoms with Crippen LogP contribution in [0.5, 0.6) is 0 Å². The van der Waals surface area contributed by atoms with Gasteiger partial charge in [-0.1, -0.05) is 0 Å². The third-order valence-electron chi connectivity index (χ3n) is 0.179. The summed E-state index contributed by atoms with van der Waals surface area (Å²) in [7, 11) is 0. The van der Waals surface area contributed by atoms with Crippen LogP contribution in [-0.2, 0) is 4.79 Å². The second-order valence-electron chi connectivity index (χ2n) is 0.990. The van der Waals surface area contributed by atoms with Gasteiger partial charge in [-0.05, 0) is 0 Å². The molecule has 1 nitrogen and oxygen atoms in total. The van der Waals surface area contributed by atoms with Crippen LogP contribution in [0.25, 0.3) is 0 Å². The van der Waals surface area contributed by atoms with Crippen LogP contribution in [-0.4, -0.2) is 12.2 Å². The predicted octanol–water partition coefficient (Wildman–Crippen LogP) is 0.751. The number of alkyl halides is 2. The van der Waals surface area contributed by atoms with Gasteiger partial charge in [-0.15, -0.1) is 0 Å². The zero-order chi connectivity index (χ0) is 5.21. The monoisotopic (exact) mass is 93.0 g/mol. The first-order chi connectivity index (χ1) is 2.56. The van der Waals surface area contributed by atoms with Gasteiger partial charge in [0.1, 0.15) is 0 Å². The summed E-state index contributed by atoms with van der Waals surface area (Å²) >= 11 is 0. The Morgan fingerprint density at radius 2 is 1.83 bits per heavy atom. The van der Waals surface area contributed by atoms with Gasteiger partial charge in [-0.3, -0.25) is 4.79 Å². The third-order valence-corrected chi connectivity index (χ3v) is 0.179. The molecule has 0 bridgehead atoms. The topological polar surface area (TPSA) is 17.1 Å². The van der Waals surface area contributed by atoms with E-state index in [0.29, 0.717) is 13.2 Å².